The van der Waals surface area contributed by atoms with Crippen LogP contribution in [0.2, 0.25) is 0 Å². The third-order valence-corrected chi connectivity index (χ3v) is 4.82. The van der Waals surface area contributed by atoms with Gasteiger partial charge < -0.3 is 14.5 Å². The molecule has 138 valence electrons. The fourth-order valence-corrected chi connectivity index (χ4v) is 3.43. The molecular formula is C21H20N2O4. The van der Waals surface area contributed by atoms with Crippen molar-refractivity contribution in [2.45, 2.75) is 38.8 Å². The predicted octanol–water partition coefficient (Wildman–Crippen LogP) is 2.76. The number of aryl methyl sites for hydroxylation is 1. The van der Waals surface area contributed by atoms with Gasteiger partial charge in [-0.3, -0.25) is 9.78 Å². The average Bonchev–Trinajstić information content (AvgIpc) is 3.17. The molecule has 1 aromatic carbocycles. The fourth-order valence-electron chi connectivity index (χ4n) is 3.43. The summed E-state index contributed by atoms with van der Waals surface area (Å²) in [6.45, 7) is 2.07. The summed E-state index contributed by atoms with van der Waals surface area (Å²) in [5, 5.41) is 3.77. The number of hydrogen-bond donors (Lipinski definition) is 1. The van der Waals surface area contributed by atoms with E-state index in [1.165, 1.54) is 0 Å². The van der Waals surface area contributed by atoms with E-state index < -0.39 is 6.10 Å². The minimum atomic E-state index is -0.680. The number of amides is 1. The second-order valence-electron chi connectivity index (χ2n) is 6.70. The van der Waals surface area contributed by atoms with Gasteiger partial charge in [0.15, 0.2) is 6.10 Å². The monoisotopic (exact) mass is 364 g/mol. The highest BCUT2D eigenvalue weighted by Gasteiger charge is 2.20. The van der Waals surface area contributed by atoms with Crippen LogP contribution in [0, 0.1) is 0 Å². The van der Waals surface area contributed by atoms with Crippen LogP contribution in [0.1, 0.15) is 30.0 Å². The minimum Gasteiger partial charge on any atom is -0.481 e. The summed E-state index contributed by atoms with van der Waals surface area (Å²) in [5.74, 6) is 0.266. The standard InChI is InChI=1S/C21H20N2O4/c1-13(20(24)23-12-14-4-3-9-22-11-14)26-15-7-8-17-16-5-2-6-18(16)21(25)27-19(17)10-15/h3-4,7-11,13H,2,5-6,12H2,1H3,(H,23,24)/t13-/m0/s1. The summed E-state index contributed by atoms with van der Waals surface area (Å²) >= 11 is 0. The van der Waals surface area contributed by atoms with Gasteiger partial charge in [0.2, 0.25) is 0 Å². The Morgan fingerprint density at radius 1 is 1.30 bits per heavy atom. The van der Waals surface area contributed by atoms with E-state index >= 15 is 0 Å². The average molecular weight is 364 g/mol. The summed E-state index contributed by atoms with van der Waals surface area (Å²) in [5.41, 5.74) is 3.02. The first kappa shape index (κ1) is 17.3. The van der Waals surface area contributed by atoms with Crippen molar-refractivity contribution in [3.05, 3.63) is 69.8 Å². The minimum absolute atomic E-state index is 0.227. The first-order valence-corrected chi connectivity index (χ1v) is 9.04. The van der Waals surface area contributed by atoms with Crippen molar-refractivity contribution in [2.24, 2.45) is 0 Å². The Balaban J connectivity index is 1.47. The van der Waals surface area contributed by atoms with Crippen molar-refractivity contribution < 1.29 is 13.9 Å². The Morgan fingerprint density at radius 2 is 2.15 bits per heavy atom. The molecule has 0 unspecified atom stereocenters. The van der Waals surface area contributed by atoms with Gasteiger partial charge in [-0.25, -0.2) is 4.79 Å². The van der Waals surface area contributed by atoms with E-state index in [0.717, 1.165) is 41.3 Å². The lowest BCUT2D eigenvalue weighted by Crippen LogP contribution is -2.35. The molecule has 1 aliphatic carbocycles. The van der Waals surface area contributed by atoms with Crippen LogP contribution in [0.4, 0.5) is 0 Å². The van der Waals surface area contributed by atoms with Crippen LogP contribution >= 0.6 is 0 Å². The van der Waals surface area contributed by atoms with E-state index in [2.05, 4.69) is 10.3 Å². The molecule has 4 rings (SSSR count). The summed E-state index contributed by atoms with van der Waals surface area (Å²) in [6.07, 6.45) is 5.36. The fraction of sp³-hybridized carbons (Fsp3) is 0.286. The zero-order chi connectivity index (χ0) is 18.8. The number of ether oxygens (including phenoxy) is 1. The Morgan fingerprint density at radius 3 is 2.96 bits per heavy atom. The zero-order valence-electron chi connectivity index (χ0n) is 15.0. The maximum absolute atomic E-state index is 12.3. The third kappa shape index (κ3) is 3.56. The first-order valence-electron chi connectivity index (χ1n) is 9.04. The van der Waals surface area contributed by atoms with Gasteiger partial charge in [0.1, 0.15) is 11.3 Å². The van der Waals surface area contributed by atoms with Gasteiger partial charge >= 0.3 is 5.63 Å². The van der Waals surface area contributed by atoms with E-state index in [1.807, 2.05) is 24.3 Å². The zero-order valence-corrected chi connectivity index (χ0v) is 15.0. The Kier molecular flexibility index (Phi) is 4.62. The quantitative estimate of drug-likeness (QED) is 0.704. The summed E-state index contributed by atoms with van der Waals surface area (Å²) in [6, 6.07) is 9.10. The predicted molar refractivity (Wildman–Crippen MR) is 101 cm³/mol. The van der Waals surface area contributed by atoms with Crippen molar-refractivity contribution in [3.63, 3.8) is 0 Å². The van der Waals surface area contributed by atoms with Gasteiger partial charge in [-0.2, -0.15) is 0 Å². The molecule has 0 fully saturated rings. The maximum Gasteiger partial charge on any atom is 0.339 e. The highest BCUT2D eigenvalue weighted by molar-refractivity contribution is 5.84. The number of carbonyl (C=O) groups is 1. The number of fused-ring (bicyclic) bond motifs is 3. The molecule has 3 aromatic rings. The molecule has 0 saturated carbocycles. The second kappa shape index (κ2) is 7.23. The van der Waals surface area contributed by atoms with E-state index in [0.29, 0.717) is 17.9 Å². The number of rotatable bonds is 5. The number of hydrogen-bond acceptors (Lipinski definition) is 5. The first-order chi connectivity index (χ1) is 13.1. The largest absolute Gasteiger partial charge is 0.481 e. The van der Waals surface area contributed by atoms with Gasteiger partial charge in [-0.1, -0.05) is 6.07 Å². The van der Waals surface area contributed by atoms with E-state index in [4.69, 9.17) is 9.15 Å². The molecule has 0 saturated heterocycles. The molecule has 1 atom stereocenters. The molecule has 0 aliphatic heterocycles. The molecule has 0 spiro atoms. The van der Waals surface area contributed by atoms with Crippen molar-refractivity contribution >= 4 is 16.9 Å². The molecule has 1 N–H and O–H groups in total. The number of nitrogens with one attached hydrogen (secondary N) is 1. The summed E-state index contributed by atoms with van der Waals surface area (Å²) < 4.78 is 11.2. The highest BCUT2D eigenvalue weighted by atomic mass is 16.5. The van der Waals surface area contributed by atoms with Gasteiger partial charge in [0.05, 0.1) is 0 Å². The molecule has 6 heteroatoms. The SMILES string of the molecule is C[C@H](Oc1ccc2c3c(c(=O)oc2c1)CCC3)C(=O)NCc1cccnc1. The summed E-state index contributed by atoms with van der Waals surface area (Å²) in [7, 11) is 0. The number of carbonyl (C=O) groups excluding carboxylic acids is 1. The number of pyridine rings is 1. The molecular weight excluding hydrogens is 344 g/mol. The molecule has 0 radical (unpaired) electrons. The van der Waals surface area contributed by atoms with Gasteiger partial charge in [-0.05, 0) is 55.5 Å². The van der Waals surface area contributed by atoms with Crippen LogP contribution in [0.15, 0.2) is 51.9 Å². The van der Waals surface area contributed by atoms with Gasteiger partial charge in [-0.15, -0.1) is 0 Å². The number of nitrogens with zero attached hydrogens (tertiary/aromatic N) is 1. The lowest BCUT2D eigenvalue weighted by atomic mass is 10.1. The topological polar surface area (TPSA) is 81.4 Å². The molecule has 27 heavy (non-hydrogen) atoms. The van der Waals surface area contributed by atoms with Crippen LogP contribution in [0.3, 0.4) is 0 Å². The lowest BCUT2D eigenvalue weighted by Gasteiger charge is -2.15. The van der Waals surface area contributed by atoms with E-state index in [9.17, 15) is 9.59 Å². The summed E-state index contributed by atoms with van der Waals surface area (Å²) in [4.78, 5) is 28.4. The van der Waals surface area contributed by atoms with Crippen molar-refractivity contribution in [1.82, 2.24) is 10.3 Å². The molecule has 2 aromatic heterocycles. The molecule has 1 amide bonds. The normalized spacial score (nSPS) is 14.0. The number of benzene rings is 1. The van der Waals surface area contributed by atoms with E-state index in [1.54, 1.807) is 25.4 Å². The Bertz CT molecular complexity index is 1040. The van der Waals surface area contributed by atoms with Crippen LogP contribution in [-0.4, -0.2) is 17.0 Å². The molecule has 2 heterocycles. The molecule has 0 bridgehead atoms. The van der Waals surface area contributed by atoms with Crippen molar-refractivity contribution in [2.75, 3.05) is 0 Å². The number of aromatic nitrogens is 1. The maximum atomic E-state index is 12.3. The highest BCUT2D eigenvalue weighted by Crippen LogP contribution is 2.29. The van der Waals surface area contributed by atoms with E-state index in [-0.39, 0.29) is 11.5 Å². The van der Waals surface area contributed by atoms with Gasteiger partial charge in [0, 0.05) is 36.0 Å². The molecule has 6 nitrogen and oxygen atoms in total. The van der Waals surface area contributed by atoms with Crippen molar-refractivity contribution in [1.29, 1.82) is 0 Å². The molecule has 1 aliphatic rings. The third-order valence-electron chi connectivity index (χ3n) is 4.82. The smallest absolute Gasteiger partial charge is 0.339 e. The Labute approximate surface area is 156 Å². The lowest BCUT2D eigenvalue weighted by molar-refractivity contribution is -0.127. The van der Waals surface area contributed by atoms with Crippen LogP contribution < -0.4 is 15.7 Å². The Hall–Kier alpha value is -3.15. The van der Waals surface area contributed by atoms with Crippen LogP contribution in [0.5, 0.6) is 5.75 Å². The van der Waals surface area contributed by atoms with Gasteiger partial charge in [0.25, 0.3) is 5.91 Å². The van der Waals surface area contributed by atoms with Crippen LogP contribution in [0.25, 0.3) is 11.0 Å². The second-order valence-corrected chi connectivity index (χ2v) is 6.70. The van der Waals surface area contributed by atoms with Crippen LogP contribution in [-0.2, 0) is 24.2 Å². The van der Waals surface area contributed by atoms with Crippen molar-refractivity contribution in [3.8, 4) is 5.75 Å².